The van der Waals surface area contributed by atoms with E-state index in [0.29, 0.717) is 12.5 Å². The number of ether oxygens (including phenoxy) is 1. The van der Waals surface area contributed by atoms with Crippen LogP contribution in [0, 0.1) is 6.92 Å². The predicted molar refractivity (Wildman–Crippen MR) is 80.9 cm³/mol. The molecule has 3 heteroatoms. The molecule has 1 aromatic rings. The average molecular weight is 275 g/mol. The number of aryl methyl sites for hydroxylation is 1. The van der Waals surface area contributed by atoms with Crippen molar-refractivity contribution in [3.05, 3.63) is 29.8 Å². The summed E-state index contributed by atoms with van der Waals surface area (Å²) >= 11 is 0. The highest BCUT2D eigenvalue weighted by molar-refractivity contribution is 5.81. The van der Waals surface area contributed by atoms with Gasteiger partial charge in [-0.15, -0.1) is 0 Å². The summed E-state index contributed by atoms with van der Waals surface area (Å²) in [6.07, 6.45) is 6.25. The van der Waals surface area contributed by atoms with Gasteiger partial charge in [0.1, 0.15) is 5.75 Å². The summed E-state index contributed by atoms with van der Waals surface area (Å²) in [5, 5.41) is 3.14. The van der Waals surface area contributed by atoms with Crippen molar-refractivity contribution in [1.29, 1.82) is 0 Å². The molecule has 0 aromatic heterocycles. The molecule has 0 radical (unpaired) electrons. The first-order valence-corrected chi connectivity index (χ1v) is 7.72. The number of carbonyl (C=O) groups is 1. The molecule has 0 saturated heterocycles. The van der Waals surface area contributed by atoms with Crippen LogP contribution in [0.4, 0.5) is 0 Å². The number of benzene rings is 1. The van der Waals surface area contributed by atoms with Gasteiger partial charge in [0.15, 0.2) is 6.10 Å². The molecule has 1 atom stereocenters. The van der Waals surface area contributed by atoms with Gasteiger partial charge in [0, 0.05) is 6.04 Å². The first-order valence-electron chi connectivity index (χ1n) is 7.72. The Morgan fingerprint density at radius 3 is 2.50 bits per heavy atom. The molecule has 1 amide bonds. The van der Waals surface area contributed by atoms with Crippen molar-refractivity contribution in [3.63, 3.8) is 0 Å². The van der Waals surface area contributed by atoms with E-state index in [1.165, 1.54) is 24.8 Å². The number of rotatable bonds is 5. The summed E-state index contributed by atoms with van der Waals surface area (Å²) in [4.78, 5) is 12.3. The Labute approximate surface area is 121 Å². The minimum Gasteiger partial charge on any atom is -0.481 e. The molecule has 1 aromatic carbocycles. The molecule has 0 unspecified atom stereocenters. The molecule has 20 heavy (non-hydrogen) atoms. The SMILES string of the molecule is CC[C@H](Oc1ccc(C)cc1)C(=O)NC1CCCCC1. The smallest absolute Gasteiger partial charge is 0.261 e. The first kappa shape index (κ1) is 14.9. The van der Waals surface area contributed by atoms with Crippen LogP contribution in [0.3, 0.4) is 0 Å². The zero-order valence-electron chi connectivity index (χ0n) is 12.5. The van der Waals surface area contributed by atoms with Crippen molar-refractivity contribution in [2.24, 2.45) is 0 Å². The molecule has 0 bridgehead atoms. The van der Waals surface area contributed by atoms with Crippen LogP contribution in [-0.4, -0.2) is 18.1 Å². The highest BCUT2D eigenvalue weighted by atomic mass is 16.5. The Morgan fingerprint density at radius 1 is 1.25 bits per heavy atom. The monoisotopic (exact) mass is 275 g/mol. The third-order valence-electron chi connectivity index (χ3n) is 3.91. The lowest BCUT2D eigenvalue weighted by atomic mass is 9.95. The third-order valence-corrected chi connectivity index (χ3v) is 3.91. The van der Waals surface area contributed by atoms with Crippen LogP contribution in [0.1, 0.15) is 51.0 Å². The maximum atomic E-state index is 12.3. The van der Waals surface area contributed by atoms with Crippen molar-refractivity contribution >= 4 is 5.91 Å². The van der Waals surface area contributed by atoms with E-state index in [2.05, 4.69) is 5.32 Å². The van der Waals surface area contributed by atoms with Crippen LogP contribution in [-0.2, 0) is 4.79 Å². The fourth-order valence-corrected chi connectivity index (χ4v) is 2.64. The van der Waals surface area contributed by atoms with Crippen molar-refractivity contribution < 1.29 is 9.53 Å². The van der Waals surface area contributed by atoms with Crippen LogP contribution in [0.2, 0.25) is 0 Å². The molecule has 2 rings (SSSR count). The minimum atomic E-state index is -0.389. The fourth-order valence-electron chi connectivity index (χ4n) is 2.64. The van der Waals surface area contributed by atoms with E-state index in [1.807, 2.05) is 38.1 Å². The quantitative estimate of drug-likeness (QED) is 0.891. The van der Waals surface area contributed by atoms with Gasteiger partial charge in [-0.25, -0.2) is 0 Å². The molecule has 1 saturated carbocycles. The van der Waals surface area contributed by atoms with Crippen LogP contribution >= 0.6 is 0 Å². The average Bonchev–Trinajstić information content (AvgIpc) is 2.47. The molecule has 3 nitrogen and oxygen atoms in total. The molecule has 0 aliphatic heterocycles. The maximum absolute atomic E-state index is 12.3. The second-order valence-electron chi connectivity index (χ2n) is 5.67. The summed E-state index contributed by atoms with van der Waals surface area (Å²) in [5.41, 5.74) is 1.19. The molecule has 0 spiro atoms. The standard InChI is InChI=1S/C17H25NO2/c1-3-16(20-15-11-9-13(2)10-12-15)17(19)18-14-7-5-4-6-8-14/h9-12,14,16H,3-8H2,1-2H3,(H,18,19)/t16-/m0/s1. The summed E-state index contributed by atoms with van der Waals surface area (Å²) in [6, 6.07) is 8.19. The van der Waals surface area contributed by atoms with E-state index >= 15 is 0 Å². The van der Waals surface area contributed by atoms with E-state index in [0.717, 1.165) is 18.6 Å². The molecule has 1 aliphatic carbocycles. The van der Waals surface area contributed by atoms with E-state index in [-0.39, 0.29) is 12.0 Å². The number of amides is 1. The van der Waals surface area contributed by atoms with Crippen LogP contribution < -0.4 is 10.1 Å². The highest BCUT2D eigenvalue weighted by Gasteiger charge is 2.22. The number of hydrogen-bond donors (Lipinski definition) is 1. The molecule has 1 aliphatic rings. The molecular formula is C17H25NO2. The van der Waals surface area contributed by atoms with Crippen molar-refractivity contribution in [1.82, 2.24) is 5.32 Å². The molecule has 1 fully saturated rings. The van der Waals surface area contributed by atoms with Gasteiger partial charge in [-0.2, -0.15) is 0 Å². The van der Waals surface area contributed by atoms with E-state index < -0.39 is 0 Å². The lowest BCUT2D eigenvalue weighted by molar-refractivity contribution is -0.129. The van der Waals surface area contributed by atoms with Gasteiger partial charge in [0.05, 0.1) is 0 Å². The van der Waals surface area contributed by atoms with Crippen molar-refractivity contribution in [2.75, 3.05) is 0 Å². The zero-order chi connectivity index (χ0) is 14.4. The highest BCUT2D eigenvalue weighted by Crippen LogP contribution is 2.19. The number of nitrogens with one attached hydrogen (secondary N) is 1. The van der Waals surface area contributed by atoms with Crippen molar-refractivity contribution in [2.45, 2.75) is 64.5 Å². The molecule has 1 N–H and O–H groups in total. The van der Waals surface area contributed by atoms with Crippen LogP contribution in [0.15, 0.2) is 24.3 Å². The lowest BCUT2D eigenvalue weighted by Gasteiger charge is -2.25. The van der Waals surface area contributed by atoms with Gasteiger partial charge in [0.25, 0.3) is 5.91 Å². The molecule has 110 valence electrons. The first-order chi connectivity index (χ1) is 9.69. The second-order valence-corrected chi connectivity index (χ2v) is 5.67. The Morgan fingerprint density at radius 2 is 1.90 bits per heavy atom. The Kier molecular flexibility index (Phi) is 5.45. The van der Waals surface area contributed by atoms with Gasteiger partial charge in [-0.1, -0.05) is 43.9 Å². The van der Waals surface area contributed by atoms with Gasteiger partial charge >= 0.3 is 0 Å². The van der Waals surface area contributed by atoms with Gasteiger partial charge in [-0.05, 0) is 38.3 Å². The van der Waals surface area contributed by atoms with Crippen LogP contribution in [0.5, 0.6) is 5.75 Å². The summed E-state index contributed by atoms with van der Waals surface area (Å²) < 4.78 is 5.81. The molecular weight excluding hydrogens is 250 g/mol. The summed E-state index contributed by atoms with van der Waals surface area (Å²) in [5.74, 6) is 0.793. The van der Waals surface area contributed by atoms with Gasteiger partial charge in [-0.3, -0.25) is 4.79 Å². The Balaban J connectivity index is 1.89. The largest absolute Gasteiger partial charge is 0.481 e. The maximum Gasteiger partial charge on any atom is 0.261 e. The fraction of sp³-hybridized carbons (Fsp3) is 0.588. The minimum absolute atomic E-state index is 0.0278. The van der Waals surface area contributed by atoms with Crippen molar-refractivity contribution in [3.8, 4) is 5.75 Å². The van der Waals surface area contributed by atoms with Gasteiger partial charge < -0.3 is 10.1 Å². The van der Waals surface area contributed by atoms with E-state index in [1.54, 1.807) is 0 Å². The van der Waals surface area contributed by atoms with Crippen LogP contribution in [0.25, 0.3) is 0 Å². The third kappa shape index (κ3) is 4.26. The number of carbonyl (C=O) groups excluding carboxylic acids is 1. The molecule has 0 heterocycles. The predicted octanol–water partition coefficient (Wildman–Crippen LogP) is 3.60. The van der Waals surface area contributed by atoms with E-state index in [4.69, 9.17) is 4.74 Å². The van der Waals surface area contributed by atoms with Gasteiger partial charge in [0.2, 0.25) is 0 Å². The Bertz CT molecular complexity index is 421. The number of hydrogen-bond acceptors (Lipinski definition) is 2. The normalized spacial score (nSPS) is 17.5. The summed E-state index contributed by atoms with van der Waals surface area (Å²) in [7, 11) is 0. The zero-order valence-corrected chi connectivity index (χ0v) is 12.5. The topological polar surface area (TPSA) is 38.3 Å². The second kappa shape index (κ2) is 7.32. The summed E-state index contributed by atoms with van der Waals surface area (Å²) in [6.45, 7) is 4.02. The van der Waals surface area contributed by atoms with E-state index in [9.17, 15) is 4.79 Å². The Hall–Kier alpha value is -1.51. The lowest BCUT2D eigenvalue weighted by Crippen LogP contribution is -2.44.